The predicted molar refractivity (Wildman–Crippen MR) is 134 cm³/mol. The minimum atomic E-state index is -0.830. The molecular formula is C23H26ClN5O7. The number of anilines is 3. The fourth-order valence-corrected chi connectivity index (χ4v) is 4.35. The van der Waals surface area contributed by atoms with Gasteiger partial charge in [-0.2, -0.15) is 0 Å². The number of nitrogens with one attached hydrogen (secondary N) is 1. The van der Waals surface area contributed by atoms with E-state index >= 15 is 0 Å². The van der Waals surface area contributed by atoms with Crippen LogP contribution >= 0.6 is 11.6 Å². The van der Waals surface area contributed by atoms with E-state index in [9.17, 15) is 29.8 Å². The van der Waals surface area contributed by atoms with Crippen LogP contribution in [0.25, 0.3) is 0 Å². The molecule has 3 N–H and O–H groups in total. The number of rotatable bonds is 6. The minimum absolute atomic E-state index is 0.0287. The molecule has 192 valence electrons. The quantitative estimate of drug-likeness (QED) is 0.247. The summed E-state index contributed by atoms with van der Waals surface area (Å²) in [5.41, 5.74) is 8.75. The largest absolute Gasteiger partial charge is 0.466 e. The molecular weight excluding hydrogens is 494 g/mol. The molecule has 4 rings (SSSR count). The van der Waals surface area contributed by atoms with Crippen LogP contribution in [-0.2, 0) is 27.2 Å². The Kier molecular flexibility index (Phi) is 8.64. The lowest BCUT2D eigenvalue weighted by Gasteiger charge is -2.30. The number of benzene rings is 2. The molecule has 1 amide bonds. The number of nitrogens with zero attached hydrogens (tertiary/aromatic N) is 3. The normalized spacial score (nSPS) is 14.3. The second kappa shape index (κ2) is 11.7. The van der Waals surface area contributed by atoms with Crippen molar-refractivity contribution in [3.8, 4) is 0 Å². The smallest absolute Gasteiger partial charge is 0.310 e. The maximum absolute atomic E-state index is 11.3. The van der Waals surface area contributed by atoms with Gasteiger partial charge in [-0.15, -0.1) is 0 Å². The van der Waals surface area contributed by atoms with E-state index in [1.807, 2.05) is 6.07 Å². The molecule has 2 aromatic carbocycles. The van der Waals surface area contributed by atoms with Crippen LogP contribution in [0.2, 0.25) is 5.02 Å². The summed E-state index contributed by atoms with van der Waals surface area (Å²) in [6.07, 6.45) is 3.88. The molecule has 2 aliphatic heterocycles. The van der Waals surface area contributed by atoms with Gasteiger partial charge in [0.05, 0.1) is 46.7 Å². The van der Waals surface area contributed by atoms with Gasteiger partial charge in [-0.05, 0) is 49.9 Å². The highest BCUT2D eigenvalue weighted by Crippen LogP contribution is 2.35. The summed E-state index contributed by atoms with van der Waals surface area (Å²) in [5, 5.41) is 24.0. The van der Waals surface area contributed by atoms with Gasteiger partial charge in [0.1, 0.15) is 5.02 Å². The maximum Gasteiger partial charge on any atom is 0.310 e. The summed E-state index contributed by atoms with van der Waals surface area (Å²) in [5.74, 6) is -0.606. The number of nitrogen functional groups attached to an aromatic ring is 1. The van der Waals surface area contributed by atoms with Crippen molar-refractivity contribution in [1.29, 1.82) is 0 Å². The van der Waals surface area contributed by atoms with E-state index in [1.54, 1.807) is 6.92 Å². The van der Waals surface area contributed by atoms with Crippen LogP contribution in [0, 0.1) is 20.2 Å². The third kappa shape index (κ3) is 6.39. The van der Waals surface area contributed by atoms with Gasteiger partial charge in [0.25, 0.3) is 11.4 Å². The second-order valence-electron chi connectivity index (χ2n) is 8.27. The van der Waals surface area contributed by atoms with Crippen molar-refractivity contribution >= 4 is 51.9 Å². The molecule has 0 spiro atoms. The molecule has 1 saturated heterocycles. The van der Waals surface area contributed by atoms with Gasteiger partial charge in [0, 0.05) is 24.3 Å². The molecule has 0 bridgehead atoms. The summed E-state index contributed by atoms with van der Waals surface area (Å²) < 4.78 is 4.66. The first-order valence-corrected chi connectivity index (χ1v) is 11.7. The van der Waals surface area contributed by atoms with Gasteiger partial charge in [-0.1, -0.05) is 11.6 Å². The van der Waals surface area contributed by atoms with Crippen LogP contribution in [0.3, 0.4) is 0 Å². The van der Waals surface area contributed by atoms with Crippen LogP contribution in [0.1, 0.15) is 37.3 Å². The maximum atomic E-state index is 11.3. The zero-order valence-corrected chi connectivity index (χ0v) is 20.4. The molecule has 12 nitrogen and oxygen atoms in total. The van der Waals surface area contributed by atoms with Crippen molar-refractivity contribution in [2.45, 2.75) is 39.0 Å². The number of carbonyl (C=O) groups excluding carboxylic acids is 2. The number of esters is 1. The Bertz CT molecular complexity index is 1200. The number of nitro benzene ring substituents is 2. The van der Waals surface area contributed by atoms with Crippen LogP contribution in [0.4, 0.5) is 28.4 Å². The van der Waals surface area contributed by atoms with Gasteiger partial charge in [-0.3, -0.25) is 29.8 Å². The first kappa shape index (κ1) is 26.7. The molecule has 2 aliphatic rings. The first-order valence-electron chi connectivity index (χ1n) is 11.3. The zero-order valence-electron chi connectivity index (χ0n) is 19.6. The molecule has 1 fully saturated rings. The van der Waals surface area contributed by atoms with E-state index in [4.69, 9.17) is 17.3 Å². The fourth-order valence-electron chi connectivity index (χ4n) is 4.10. The number of halogens is 1. The Labute approximate surface area is 211 Å². The average molecular weight is 520 g/mol. The first-order chi connectivity index (χ1) is 17.1. The van der Waals surface area contributed by atoms with E-state index < -0.39 is 27.2 Å². The van der Waals surface area contributed by atoms with E-state index in [0.29, 0.717) is 6.42 Å². The highest BCUT2D eigenvalue weighted by molar-refractivity contribution is 6.32. The minimum Gasteiger partial charge on any atom is -0.466 e. The van der Waals surface area contributed by atoms with Crippen molar-refractivity contribution in [2.75, 3.05) is 35.6 Å². The average Bonchev–Trinajstić information content (AvgIpc) is 3.18. The number of carbonyl (C=O) groups is 2. The molecule has 0 aliphatic carbocycles. The number of fused-ring (bicyclic) bond motifs is 1. The number of nitro groups is 2. The zero-order chi connectivity index (χ0) is 26.4. The molecule has 0 saturated carbocycles. The van der Waals surface area contributed by atoms with Gasteiger partial charge >= 0.3 is 5.97 Å². The highest BCUT2D eigenvalue weighted by atomic mass is 35.5. The standard InChI is InChI=1S/C13H17N3O.C10H9ClN2O6/c14-10-8-11-9(7-13(17)15-11)6-12(10)16-4-2-1-3-5-16;1-2-19-10(14)4-6-3-7(11)9(13(17)18)5-8(6)12(15)16/h6,8H,1-5,7,14H2,(H,15,17);3,5H,2,4H2,1H3. The fraction of sp³-hybridized carbons (Fsp3) is 0.391. The Morgan fingerprint density at radius 3 is 2.39 bits per heavy atom. The van der Waals surface area contributed by atoms with Gasteiger partial charge in [-0.25, -0.2) is 0 Å². The molecule has 13 heteroatoms. The summed E-state index contributed by atoms with van der Waals surface area (Å²) in [6, 6.07) is 5.74. The highest BCUT2D eigenvalue weighted by Gasteiger charge is 2.25. The summed E-state index contributed by atoms with van der Waals surface area (Å²) in [4.78, 5) is 44.8. The number of piperidine rings is 1. The Morgan fingerprint density at radius 1 is 1.11 bits per heavy atom. The lowest BCUT2D eigenvalue weighted by molar-refractivity contribution is -0.394. The molecule has 2 heterocycles. The lowest BCUT2D eigenvalue weighted by Crippen LogP contribution is -2.30. The Hall–Kier alpha value is -3.93. The number of nitrogens with two attached hydrogens (primary N) is 1. The van der Waals surface area contributed by atoms with Crippen molar-refractivity contribution in [1.82, 2.24) is 0 Å². The molecule has 2 aromatic rings. The molecule has 0 aromatic heterocycles. The van der Waals surface area contributed by atoms with Crippen LogP contribution in [0.15, 0.2) is 24.3 Å². The topological polar surface area (TPSA) is 171 Å². The number of amides is 1. The van der Waals surface area contributed by atoms with Crippen LogP contribution in [-0.4, -0.2) is 41.4 Å². The Morgan fingerprint density at radius 2 is 1.78 bits per heavy atom. The predicted octanol–water partition coefficient (Wildman–Crippen LogP) is 4.02. The third-order valence-electron chi connectivity index (χ3n) is 5.76. The SMILES string of the molecule is CCOC(=O)Cc1cc(Cl)c([N+](=O)[O-])cc1[N+](=O)[O-].Nc1cc2c(cc1N1CCCCC1)CC(=O)N2. The molecule has 0 unspecified atom stereocenters. The van der Waals surface area contributed by atoms with E-state index in [2.05, 4.69) is 21.0 Å². The lowest BCUT2D eigenvalue weighted by atomic mass is 10.1. The summed E-state index contributed by atoms with van der Waals surface area (Å²) in [7, 11) is 0. The van der Waals surface area contributed by atoms with Gasteiger partial charge in [0.2, 0.25) is 5.91 Å². The van der Waals surface area contributed by atoms with Crippen LogP contribution < -0.4 is 16.0 Å². The van der Waals surface area contributed by atoms with Crippen molar-refractivity contribution < 1.29 is 24.2 Å². The Balaban J connectivity index is 0.000000201. The summed E-state index contributed by atoms with van der Waals surface area (Å²) in [6.45, 7) is 3.87. The van der Waals surface area contributed by atoms with Gasteiger partial charge in [0.15, 0.2) is 0 Å². The second-order valence-corrected chi connectivity index (χ2v) is 8.68. The monoisotopic (exact) mass is 519 g/mol. The summed E-state index contributed by atoms with van der Waals surface area (Å²) >= 11 is 5.65. The number of ether oxygens (including phenoxy) is 1. The van der Waals surface area contributed by atoms with Crippen molar-refractivity contribution in [3.63, 3.8) is 0 Å². The number of hydrogen-bond donors (Lipinski definition) is 2. The third-order valence-corrected chi connectivity index (χ3v) is 6.06. The molecule has 0 atom stereocenters. The van der Waals surface area contributed by atoms with Gasteiger partial charge < -0.3 is 20.7 Å². The van der Waals surface area contributed by atoms with E-state index in [1.165, 1.54) is 19.3 Å². The number of hydrogen-bond acceptors (Lipinski definition) is 9. The van der Waals surface area contributed by atoms with Crippen molar-refractivity contribution in [3.05, 3.63) is 60.6 Å². The van der Waals surface area contributed by atoms with Crippen LogP contribution in [0.5, 0.6) is 0 Å². The van der Waals surface area contributed by atoms with E-state index in [0.717, 1.165) is 47.8 Å². The molecule has 0 radical (unpaired) electrons. The molecule has 36 heavy (non-hydrogen) atoms. The van der Waals surface area contributed by atoms with Crippen molar-refractivity contribution in [2.24, 2.45) is 0 Å². The van der Waals surface area contributed by atoms with E-state index in [-0.39, 0.29) is 29.5 Å².